The standard InChI is InChI=1S/C18H17N7O3S/c1-3-25-16-13(22-18(25)15-17(19)24-28-23-15)8-20-9-14(16)29(27)12-6-4-11(5-7-12)21-10(2)26/h4-9H,3H2,1-2H3,(H2,19,24)(H,21,26). The van der Waals surface area contributed by atoms with E-state index in [9.17, 15) is 9.00 Å². The van der Waals surface area contributed by atoms with Crippen molar-refractivity contribution in [3.63, 3.8) is 0 Å². The summed E-state index contributed by atoms with van der Waals surface area (Å²) in [5.74, 6) is 0.418. The lowest BCUT2D eigenvalue weighted by Gasteiger charge is -2.09. The molecule has 1 amide bonds. The number of rotatable bonds is 5. The summed E-state index contributed by atoms with van der Waals surface area (Å²) in [7, 11) is -1.52. The molecular weight excluding hydrogens is 394 g/mol. The van der Waals surface area contributed by atoms with Crippen molar-refractivity contribution in [3.05, 3.63) is 36.7 Å². The SMILES string of the molecule is CCn1c(-c2nonc2N)nc2cncc(S(=O)c3ccc(NC(C)=O)cc3)c21. The number of hydrogen-bond acceptors (Lipinski definition) is 8. The monoisotopic (exact) mass is 411 g/mol. The van der Waals surface area contributed by atoms with E-state index >= 15 is 0 Å². The Morgan fingerprint density at radius 3 is 2.62 bits per heavy atom. The lowest BCUT2D eigenvalue weighted by Crippen LogP contribution is -2.06. The zero-order valence-corrected chi connectivity index (χ0v) is 16.4. The van der Waals surface area contributed by atoms with E-state index in [1.807, 2.05) is 11.5 Å². The lowest BCUT2D eigenvalue weighted by atomic mass is 10.3. The second-order valence-electron chi connectivity index (χ2n) is 6.16. The first-order valence-corrected chi connectivity index (χ1v) is 9.86. The largest absolute Gasteiger partial charge is 0.379 e. The lowest BCUT2D eigenvalue weighted by molar-refractivity contribution is -0.114. The maximum atomic E-state index is 13.3. The molecule has 0 aliphatic carbocycles. The molecule has 0 aliphatic rings. The molecular formula is C18H17N7O3S. The molecule has 0 spiro atoms. The maximum absolute atomic E-state index is 13.3. The van der Waals surface area contributed by atoms with E-state index in [2.05, 4.69) is 25.6 Å². The first-order chi connectivity index (χ1) is 14.0. The number of carbonyl (C=O) groups excluding carboxylic acids is 1. The highest BCUT2D eigenvalue weighted by molar-refractivity contribution is 7.85. The third-order valence-corrected chi connectivity index (χ3v) is 5.65. The number of benzene rings is 1. The fraction of sp³-hybridized carbons (Fsp3) is 0.167. The normalized spacial score (nSPS) is 12.2. The fourth-order valence-electron chi connectivity index (χ4n) is 3.02. The summed E-state index contributed by atoms with van der Waals surface area (Å²) in [4.78, 5) is 21.0. The van der Waals surface area contributed by atoms with Gasteiger partial charge >= 0.3 is 0 Å². The van der Waals surface area contributed by atoms with E-state index in [1.54, 1.807) is 36.7 Å². The van der Waals surface area contributed by atoms with Crippen LogP contribution in [-0.2, 0) is 22.1 Å². The van der Waals surface area contributed by atoms with Gasteiger partial charge in [0.2, 0.25) is 5.91 Å². The van der Waals surface area contributed by atoms with Crippen LogP contribution < -0.4 is 11.1 Å². The van der Waals surface area contributed by atoms with Crippen LogP contribution in [0.3, 0.4) is 0 Å². The Hall–Kier alpha value is -3.60. The summed E-state index contributed by atoms with van der Waals surface area (Å²) < 4.78 is 19.8. The van der Waals surface area contributed by atoms with Gasteiger partial charge in [0.1, 0.15) is 5.52 Å². The first kappa shape index (κ1) is 18.7. The second-order valence-corrected chi connectivity index (χ2v) is 7.61. The predicted molar refractivity (Wildman–Crippen MR) is 106 cm³/mol. The minimum absolute atomic E-state index is 0.124. The molecule has 148 valence electrons. The Morgan fingerprint density at radius 2 is 2.00 bits per heavy atom. The Labute approximate surface area is 167 Å². The third-order valence-electron chi connectivity index (χ3n) is 4.25. The number of aromatic nitrogens is 5. The van der Waals surface area contributed by atoms with Crippen LogP contribution in [0, 0.1) is 0 Å². The number of pyridine rings is 1. The highest BCUT2D eigenvalue weighted by Crippen LogP contribution is 2.31. The molecule has 0 saturated carbocycles. The van der Waals surface area contributed by atoms with Crippen LogP contribution in [-0.4, -0.2) is 35.0 Å². The van der Waals surface area contributed by atoms with Crippen molar-refractivity contribution in [2.75, 3.05) is 11.1 Å². The Morgan fingerprint density at radius 1 is 1.24 bits per heavy atom. The van der Waals surface area contributed by atoms with Crippen LogP contribution in [0.1, 0.15) is 13.8 Å². The summed E-state index contributed by atoms with van der Waals surface area (Å²) >= 11 is 0. The van der Waals surface area contributed by atoms with Crippen molar-refractivity contribution in [2.45, 2.75) is 30.2 Å². The highest BCUT2D eigenvalue weighted by Gasteiger charge is 2.22. The molecule has 0 fully saturated rings. The molecule has 29 heavy (non-hydrogen) atoms. The molecule has 3 aromatic heterocycles. The van der Waals surface area contributed by atoms with E-state index in [4.69, 9.17) is 10.4 Å². The van der Waals surface area contributed by atoms with E-state index < -0.39 is 10.8 Å². The number of nitrogens with one attached hydrogen (secondary N) is 1. The van der Waals surface area contributed by atoms with Crippen molar-refractivity contribution >= 4 is 39.2 Å². The van der Waals surface area contributed by atoms with Gasteiger partial charge in [0.15, 0.2) is 17.3 Å². The molecule has 3 N–H and O–H groups in total. The number of nitrogens with two attached hydrogens (primary N) is 1. The Balaban J connectivity index is 1.82. The topological polar surface area (TPSA) is 142 Å². The molecule has 11 heteroatoms. The number of imidazole rings is 1. The van der Waals surface area contributed by atoms with Crippen LogP contribution in [0.2, 0.25) is 0 Å². The van der Waals surface area contributed by atoms with Gasteiger partial charge in [0.25, 0.3) is 0 Å². The van der Waals surface area contributed by atoms with Gasteiger partial charge in [-0.3, -0.25) is 9.78 Å². The number of fused-ring (bicyclic) bond motifs is 1. The van der Waals surface area contributed by atoms with E-state index in [1.165, 1.54) is 6.92 Å². The number of nitrogen functional groups attached to an aromatic ring is 1. The quantitative estimate of drug-likeness (QED) is 0.509. The third kappa shape index (κ3) is 3.36. The molecule has 0 radical (unpaired) electrons. The van der Waals surface area contributed by atoms with Gasteiger partial charge in [0.05, 0.1) is 27.4 Å². The van der Waals surface area contributed by atoms with Gasteiger partial charge < -0.3 is 15.6 Å². The zero-order chi connectivity index (χ0) is 20.5. The van der Waals surface area contributed by atoms with Gasteiger partial charge in [-0.15, -0.1) is 0 Å². The minimum atomic E-state index is -1.52. The van der Waals surface area contributed by atoms with Crippen LogP contribution in [0.5, 0.6) is 0 Å². The molecule has 1 atom stereocenters. The maximum Gasteiger partial charge on any atom is 0.221 e. The van der Waals surface area contributed by atoms with Crippen molar-refractivity contribution in [2.24, 2.45) is 0 Å². The predicted octanol–water partition coefficient (Wildman–Crippen LogP) is 2.21. The number of hydrogen-bond donors (Lipinski definition) is 2. The average molecular weight is 411 g/mol. The average Bonchev–Trinajstić information content (AvgIpc) is 3.29. The molecule has 3 heterocycles. The van der Waals surface area contributed by atoms with Crippen molar-refractivity contribution in [3.8, 4) is 11.5 Å². The summed E-state index contributed by atoms with van der Waals surface area (Å²) in [6, 6.07) is 6.81. The van der Waals surface area contributed by atoms with Crippen molar-refractivity contribution in [1.82, 2.24) is 24.8 Å². The number of nitrogens with zero attached hydrogens (tertiary/aromatic N) is 5. The Bertz CT molecular complexity index is 1230. The van der Waals surface area contributed by atoms with E-state index in [-0.39, 0.29) is 11.7 Å². The van der Waals surface area contributed by atoms with Gasteiger partial charge in [0, 0.05) is 30.2 Å². The molecule has 4 aromatic rings. The van der Waals surface area contributed by atoms with E-state index in [0.29, 0.717) is 44.6 Å². The van der Waals surface area contributed by atoms with E-state index in [0.717, 1.165) is 0 Å². The highest BCUT2D eigenvalue weighted by atomic mass is 32.2. The number of anilines is 2. The summed E-state index contributed by atoms with van der Waals surface area (Å²) in [6.45, 7) is 3.90. The van der Waals surface area contributed by atoms with Gasteiger partial charge in [-0.1, -0.05) is 0 Å². The first-order valence-electron chi connectivity index (χ1n) is 8.71. The van der Waals surface area contributed by atoms with Crippen LogP contribution >= 0.6 is 0 Å². The van der Waals surface area contributed by atoms with Crippen molar-refractivity contribution in [1.29, 1.82) is 0 Å². The van der Waals surface area contributed by atoms with Crippen LogP contribution in [0.25, 0.3) is 22.6 Å². The second kappa shape index (κ2) is 7.43. The molecule has 0 bridgehead atoms. The molecule has 4 rings (SSSR count). The smallest absolute Gasteiger partial charge is 0.221 e. The zero-order valence-electron chi connectivity index (χ0n) is 15.6. The number of amides is 1. The summed E-state index contributed by atoms with van der Waals surface area (Å²) in [6.07, 6.45) is 3.15. The van der Waals surface area contributed by atoms with Gasteiger partial charge in [-0.25, -0.2) is 13.8 Å². The molecule has 0 saturated heterocycles. The van der Waals surface area contributed by atoms with Gasteiger partial charge in [-0.05, 0) is 41.5 Å². The number of carbonyl (C=O) groups is 1. The van der Waals surface area contributed by atoms with Gasteiger partial charge in [-0.2, -0.15) is 0 Å². The number of aryl methyl sites for hydroxylation is 1. The fourth-order valence-corrected chi connectivity index (χ4v) is 4.21. The van der Waals surface area contributed by atoms with Crippen molar-refractivity contribution < 1.29 is 13.6 Å². The molecule has 0 aliphatic heterocycles. The Kier molecular flexibility index (Phi) is 4.80. The summed E-state index contributed by atoms with van der Waals surface area (Å²) in [5.41, 5.74) is 8.01. The molecule has 1 unspecified atom stereocenters. The molecule has 10 nitrogen and oxygen atoms in total. The van der Waals surface area contributed by atoms with Crippen LogP contribution in [0.4, 0.5) is 11.5 Å². The summed E-state index contributed by atoms with van der Waals surface area (Å²) in [5, 5.41) is 10.1. The van der Waals surface area contributed by atoms with Crippen LogP contribution in [0.15, 0.2) is 51.1 Å². The molecule has 1 aromatic carbocycles. The minimum Gasteiger partial charge on any atom is -0.379 e.